The molecule has 33 heavy (non-hydrogen) atoms. The zero-order chi connectivity index (χ0) is 23.3. The summed E-state index contributed by atoms with van der Waals surface area (Å²) in [6, 6.07) is 21.6. The molecule has 0 bridgehead atoms. The molecule has 3 aromatic carbocycles. The molecule has 1 aliphatic carbocycles. The summed E-state index contributed by atoms with van der Waals surface area (Å²) < 4.78 is 46.2. The van der Waals surface area contributed by atoms with Gasteiger partial charge < -0.3 is 14.8 Å². The number of carbonyl (C=O) groups excluding carboxylic acids is 1. The number of hydrogen-bond acceptors (Lipinski definition) is 3. The Morgan fingerprint density at radius 3 is 2.27 bits per heavy atom. The predicted octanol–water partition coefficient (Wildman–Crippen LogP) is 5.87. The van der Waals surface area contributed by atoms with Crippen LogP contribution in [0, 0.1) is 11.8 Å². The lowest BCUT2D eigenvalue weighted by Crippen LogP contribution is -2.26. The lowest BCUT2D eigenvalue weighted by Gasteiger charge is -2.14. The molecule has 0 saturated carbocycles. The second kappa shape index (κ2) is 9.70. The maximum Gasteiger partial charge on any atom is 0.573 e. The van der Waals surface area contributed by atoms with Crippen molar-refractivity contribution in [1.82, 2.24) is 5.32 Å². The summed E-state index contributed by atoms with van der Waals surface area (Å²) >= 11 is 0. The minimum atomic E-state index is -4.75. The van der Waals surface area contributed by atoms with Crippen LogP contribution in [0.2, 0.25) is 0 Å². The van der Waals surface area contributed by atoms with Gasteiger partial charge in [0.1, 0.15) is 12.4 Å². The van der Waals surface area contributed by atoms with Crippen molar-refractivity contribution >= 4 is 6.09 Å². The number of nitrogens with one attached hydrogen (secondary N) is 1. The van der Waals surface area contributed by atoms with Crippen molar-refractivity contribution in [2.24, 2.45) is 0 Å². The number of carbonyl (C=O) groups is 1. The summed E-state index contributed by atoms with van der Waals surface area (Å²) in [5.74, 6) is 5.22. The van der Waals surface area contributed by atoms with Crippen molar-refractivity contribution in [2.75, 3.05) is 13.2 Å². The Balaban J connectivity index is 1.26. The Morgan fingerprint density at radius 2 is 1.61 bits per heavy atom. The third-order valence-electron chi connectivity index (χ3n) is 5.16. The largest absolute Gasteiger partial charge is 0.573 e. The van der Waals surface area contributed by atoms with Gasteiger partial charge in [0.05, 0.1) is 0 Å². The van der Waals surface area contributed by atoms with Crippen LogP contribution in [-0.4, -0.2) is 25.6 Å². The monoisotopic (exact) mass is 451 g/mol. The van der Waals surface area contributed by atoms with E-state index in [2.05, 4.69) is 34.0 Å². The number of amides is 1. The standard InChI is InChI=1S/C26H20F3NO3/c27-26(28,29)33-19-10-7-9-18(16-19)8-5-6-15-30-25(31)32-17-24-22-13-3-1-11-20(22)21-12-2-4-14-23(21)24/h1-4,7,9-14,16,24H,6,15,17H2,(H,30,31). The first-order valence-electron chi connectivity index (χ1n) is 10.3. The minimum absolute atomic E-state index is 0.0193. The van der Waals surface area contributed by atoms with E-state index in [1.807, 2.05) is 36.4 Å². The van der Waals surface area contributed by atoms with Gasteiger partial charge in [0.25, 0.3) is 0 Å². The number of alkyl carbamates (subject to hydrolysis) is 1. The molecule has 0 radical (unpaired) electrons. The van der Waals surface area contributed by atoms with Crippen LogP contribution in [0.3, 0.4) is 0 Å². The third-order valence-corrected chi connectivity index (χ3v) is 5.16. The molecule has 1 amide bonds. The molecular weight excluding hydrogens is 431 g/mol. The lowest BCUT2D eigenvalue weighted by atomic mass is 9.98. The first-order valence-corrected chi connectivity index (χ1v) is 10.3. The van der Waals surface area contributed by atoms with E-state index in [0.29, 0.717) is 12.0 Å². The Labute approximate surface area is 189 Å². The summed E-state index contributed by atoms with van der Waals surface area (Å²) in [5, 5.41) is 2.65. The molecule has 3 aromatic rings. The summed E-state index contributed by atoms with van der Waals surface area (Å²) in [6.45, 7) is 0.472. The molecule has 0 unspecified atom stereocenters. The molecule has 168 valence electrons. The van der Waals surface area contributed by atoms with E-state index in [4.69, 9.17) is 4.74 Å². The van der Waals surface area contributed by atoms with E-state index in [0.717, 1.165) is 22.3 Å². The van der Waals surface area contributed by atoms with Gasteiger partial charge in [0, 0.05) is 24.4 Å². The Kier molecular flexibility index (Phi) is 6.55. The first kappa shape index (κ1) is 22.3. The summed E-state index contributed by atoms with van der Waals surface area (Å²) in [5.41, 5.74) is 4.96. The minimum Gasteiger partial charge on any atom is -0.449 e. The number of ether oxygens (including phenoxy) is 2. The number of rotatable bonds is 5. The van der Waals surface area contributed by atoms with Crippen LogP contribution >= 0.6 is 0 Å². The number of alkyl halides is 3. The van der Waals surface area contributed by atoms with Gasteiger partial charge in [-0.1, -0.05) is 66.4 Å². The SMILES string of the molecule is O=C(NCCC#Cc1cccc(OC(F)(F)F)c1)OCC1c2ccccc2-c2ccccc21. The summed E-state index contributed by atoms with van der Waals surface area (Å²) in [6.07, 6.45) is -4.98. The van der Waals surface area contributed by atoms with Crippen molar-refractivity contribution in [1.29, 1.82) is 0 Å². The summed E-state index contributed by atoms with van der Waals surface area (Å²) in [4.78, 5) is 12.1. The molecule has 0 saturated heterocycles. The van der Waals surface area contributed by atoms with Gasteiger partial charge in [-0.3, -0.25) is 0 Å². The quantitative estimate of drug-likeness (QED) is 0.390. The number of halogens is 3. The van der Waals surface area contributed by atoms with E-state index in [1.165, 1.54) is 18.2 Å². The molecule has 0 atom stereocenters. The van der Waals surface area contributed by atoms with Gasteiger partial charge >= 0.3 is 12.5 Å². The van der Waals surface area contributed by atoms with Crippen LogP contribution in [0.4, 0.5) is 18.0 Å². The fourth-order valence-electron chi connectivity index (χ4n) is 3.81. The third kappa shape index (κ3) is 5.66. The van der Waals surface area contributed by atoms with E-state index in [-0.39, 0.29) is 24.8 Å². The van der Waals surface area contributed by atoms with Crippen molar-refractivity contribution in [2.45, 2.75) is 18.7 Å². The van der Waals surface area contributed by atoms with Crippen LogP contribution < -0.4 is 10.1 Å². The van der Waals surface area contributed by atoms with Gasteiger partial charge in [-0.15, -0.1) is 13.2 Å². The number of hydrogen-bond donors (Lipinski definition) is 1. The molecule has 0 spiro atoms. The first-order chi connectivity index (χ1) is 15.9. The molecule has 4 nitrogen and oxygen atoms in total. The van der Waals surface area contributed by atoms with Crippen molar-refractivity contribution in [3.8, 4) is 28.7 Å². The van der Waals surface area contributed by atoms with Crippen molar-refractivity contribution in [3.63, 3.8) is 0 Å². The highest BCUT2D eigenvalue weighted by molar-refractivity contribution is 5.79. The molecule has 0 aromatic heterocycles. The zero-order valence-electron chi connectivity index (χ0n) is 17.5. The van der Waals surface area contributed by atoms with Crippen LogP contribution in [0.25, 0.3) is 11.1 Å². The highest BCUT2D eigenvalue weighted by atomic mass is 19.4. The molecule has 0 fully saturated rings. The average molecular weight is 451 g/mol. The number of fused-ring (bicyclic) bond motifs is 3. The molecule has 4 rings (SSSR count). The fraction of sp³-hybridized carbons (Fsp3) is 0.192. The maximum atomic E-state index is 12.3. The smallest absolute Gasteiger partial charge is 0.449 e. The lowest BCUT2D eigenvalue weighted by molar-refractivity contribution is -0.274. The Hall–Kier alpha value is -3.92. The zero-order valence-corrected chi connectivity index (χ0v) is 17.5. The van der Waals surface area contributed by atoms with Crippen LogP contribution in [0.15, 0.2) is 72.8 Å². The highest BCUT2D eigenvalue weighted by Gasteiger charge is 2.31. The van der Waals surface area contributed by atoms with Crippen molar-refractivity contribution < 1.29 is 27.4 Å². The summed E-state index contributed by atoms with van der Waals surface area (Å²) in [7, 11) is 0. The fourth-order valence-corrected chi connectivity index (χ4v) is 3.81. The van der Waals surface area contributed by atoms with Gasteiger partial charge in [0.15, 0.2) is 0 Å². The topological polar surface area (TPSA) is 47.6 Å². The molecule has 1 N–H and O–H groups in total. The number of benzene rings is 3. The van der Waals surface area contributed by atoms with Gasteiger partial charge in [-0.2, -0.15) is 0 Å². The van der Waals surface area contributed by atoms with Gasteiger partial charge in [0.2, 0.25) is 0 Å². The normalized spacial score (nSPS) is 12.2. The van der Waals surface area contributed by atoms with Gasteiger partial charge in [-0.25, -0.2) is 4.79 Å². The Morgan fingerprint density at radius 1 is 0.939 bits per heavy atom. The second-order valence-corrected chi connectivity index (χ2v) is 7.38. The van der Waals surface area contributed by atoms with Crippen molar-refractivity contribution in [3.05, 3.63) is 89.5 Å². The molecule has 1 aliphatic rings. The molecule has 7 heteroatoms. The van der Waals surface area contributed by atoms with Crippen LogP contribution in [0.1, 0.15) is 29.0 Å². The van der Waals surface area contributed by atoms with E-state index >= 15 is 0 Å². The van der Waals surface area contributed by atoms with E-state index < -0.39 is 12.5 Å². The second-order valence-electron chi connectivity index (χ2n) is 7.38. The highest BCUT2D eigenvalue weighted by Crippen LogP contribution is 2.44. The van der Waals surface area contributed by atoms with E-state index in [9.17, 15) is 18.0 Å². The Bertz CT molecular complexity index is 1170. The van der Waals surface area contributed by atoms with Crippen LogP contribution in [0.5, 0.6) is 5.75 Å². The predicted molar refractivity (Wildman–Crippen MR) is 118 cm³/mol. The maximum absolute atomic E-state index is 12.3. The van der Waals surface area contributed by atoms with Crippen LogP contribution in [-0.2, 0) is 4.74 Å². The van der Waals surface area contributed by atoms with E-state index in [1.54, 1.807) is 6.07 Å². The average Bonchev–Trinajstić information content (AvgIpc) is 3.10. The molecule has 0 heterocycles. The molecular formula is C26H20F3NO3. The van der Waals surface area contributed by atoms with Gasteiger partial charge in [-0.05, 0) is 40.5 Å². The molecule has 0 aliphatic heterocycles.